The van der Waals surface area contributed by atoms with Crippen molar-refractivity contribution in [3.63, 3.8) is 0 Å². The monoisotopic (exact) mass is 260 g/mol. The predicted octanol–water partition coefficient (Wildman–Crippen LogP) is 1.92. The zero-order chi connectivity index (χ0) is 12.6. The summed E-state index contributed by atoms with van der Waals surface area (Å²) in [6.07, 6.45) is 0.895. The SMILES string of the molecule is CC(C)(C)OC(=O)N1CC2C[C@H]1CN2CCCl. The summed E-state index contributed by atoms with van der Waals surface area (Å²) in [5.74, 6) is 0.662. The van der Waals surface area contributed by atoms with Gasteiger partial charge in [-0.1, -0.05) is 0 Å². The Kier molecular flexibility index (Phi) is 3.55. The summed E-state index contributed by atoms with van der Waals surface area (Å²) in [5, 5.41) is 0. The highest BCUT2D eigenvalue weighted by molar-refractivity contribution is 6.18. The highest BCUT2D eigenvalue weighted by Crippen LogP contribution is 2.31. The van der Waals surface area contributed by atoms with Gasteiger partial charge in [-0.25, -0.2) is 4.79 Å². The highest BCUT2D eigenvalue weighted by atomic mass is 35.5. The van der Waals surface area contributed by atoms with Crippen molar-refractivity contribution in [3.05, 3.63) is 0 Å². The summed E-state index contributed by atoms with van der Waals surface area (Å²) in [6.45, 7) is 8.36. The second kappa shape index (κ2) is 4.65. The minimum Gasteiger partial charge on any atom is -0.444 e. The van der Waals surface area contributed by atoms with Crippen LogP contribution in [0.15, 0.2) is 0 Å². The number of amides is 1. The van der Waals surface area contributed by atoms with Crippen LogP contribution >= 0.6 is 11.6 Å². The Hall–Kier alpha value is -0.480. The summed E-state index contributed by atoms with van der Waals surface area (Å²) in [6, 6.07) is 0.796. The van der Waals surface area contributed by atoms with E-state index in [1.165, 1.54) is 0 Å². The van der Waals surface area contributed by atoms with E-state index < -0.39 is 5.60 Å². The van der Waals surface area contributed by atoms with Crippen LogP contribution in [0.5, 0.6) is 0 Å². The standard InChI is InChI=1S/C12H21ClN2O2/c1-12(2,3)17-11(16)15-8-9-6-10(15)7-14(9)5-4-13/h9-10H,4-8H2,1-3H3/t9?,10-/m0/s1. The van der Waals surface area contributed by atoms with E-state index in [9.17, 15) is 4.79 Å². The molecule has 0 aromatic rings. The number of alkyl halides is 1. The summed E-state index contributed by atoms with van der Waals surface area (Å²) < 4.78 is 5.41. The summed E-state index contributed by atoms with van der Waals surface area (Å²) in [7, 11) is 0. The maximum absolute atomic E-state index is 12.0. The third-order valence-corrected chi connectivity index (χ3v) is 3.52. The number of carbonyl (C=O) groups excluding carboxylic acids is 1. The highest BCUT2D eigenvalue weighted by Gasteiger charge is 2.45. The van der Waals surface area contributed by atoms with Crippen LogP contribution in [0.2, 0.25) is 0 Å². The number of nitrogens with zero attached hydrogens (tertiary/aromatic N) is 2. The first-order valence-electron chi connectivity index (χ1n) is 6.20. The number of fused-ring (bicyclic) bond motifs is 2. The van der Waals surface area contributed by atoms with Gasteiger partial charge in [-0.2, -0.15) is 0 Å². The molecule has 2 aliphatic heterocycles. The number of hydrogen-bond acceptors (Lipinski definition) is 3. The molecule has 2 atom stereocenters. The normalized spacial score (nSPS) is 28.8. The van der Waals surface area contributed by atoms with Crippen LogP contribution in [0.1, 0.15) is 27.2 Å². The lowest BCUT2D eigenvalue weighted by Crippen LogP contribution is -2.50. The second-order valence-corrected chi connectivity index (χ2v) is 6.24. The number of rotatable bonds is 2. The predicted molar refractivity (Wildman–Crippen MR) is 67.4 cm³/mol. The van der Waals surface area contributed by atoms with Crippen LogP contribution in [0.25, 0.3) is 0 Å². The molecule has 5 heteroatoms. The molecule has 0 aromatic heterocycles. The zero-order valence-corrected chi connectivity index (χ0v) is 11.5. The Morgan fingerprint density at radius 3 is 2.53 bits per heavy atom. The molecule has 0 aliphatic carbocycles. The van der Waals surface area contributed by atoms with Crippen molar-refractivity contribution in [1.29, 1.82) is 0 Å². The average molecular weight is 261 g/mol. The molecule has 1 unspecified atom stereocenters. The Morgan fingerprint density at radius 2 is 2.06 bits per heavy atom. The third-order valence-electron chi connectivity index (χ3n) is 3.35. The molecule has 2 saturated heterocycles. The molecular weight excluding hydrogens is 240 g/mol. The molecule has 0 aromatic carbocycles. The number of hydrogen-bond donors (Lipinski definition) is 0. The lowest BCUT2D eigenvalue weighted by Gasteiger charge is -2.34. The van der Waals surface area contributed by atoms with E-state index in [1.807, 2.05) is 25.7 Å². The number of carbonyl (C=O) groups is 1. The van der Waals surface area contributed by atoms with E-state index in [2.05, 4.69) is 4.90 Å². The summed E-state index contributed by atoms with van der Waals surface area (Å²) in [5.41, 5.74) is -0.408. The molecule has 17 heavy (non-hydrogen) atoms. The van der Waals surface area contributed by atoms with Crippen molar-refractivity contribution in [2.24, 2.45) is 0 Å². The fourth-order valence-electron chi connectivity index (χ4n) is 2.68. The maximum atomic E-state index is 12.0. The first-order chi connectivity index (χ1) is 7.90. The molecule has 0 N–H and O–H groups in total. The van der Waals surface area contributed by atoms with Crippen LogP contribution in [0.3, 0.4) is 0 Å². The lowest BCUT2D eigenvalue weighted by atomic mass is 10.2. The topological polar surface area (TPSA) is 32.8 Å². The van der Waals surface area contributed by atoms with Gasteiger partial charge in [-0.05, 0) is 27.2 Å². The molecule has 1 amide bonds. The number of ether oxygens (including phenoxy) is 1. The van der Waals surface area contributed by atoms with Gasteiger partial charge in [0.2, 0.25) is 0 Å². The van der Waals surface area contributed by atoms with Gasteiger partial charge < -0.3 is 9.64 Å². The Balaban J connectivity index is 1.89. The molecule has 98 valence electrons. The van der Waals surface area contributed by atoms with E-state index in [1.54, 1.807) is 0 Å². The molecule has 0 saturated carbocycles. The van der Waals surface area contributed by atoms with E-state index in [0.29, 0.717) is 18.0 Å². The first kappa shape index (κ1) is 13.0. The summed E-state index contributed by atoms with van der Waals surface area (Å²) >= 11 is 5.76. The van der Waals surface area contributed by atoms with Gasteiger partial charge in [-0.3, -0.25) is 4.90 Å². The van der Waals surface area contributed by atoms with Crippen molar-refractivity contribution in [2.45, 2.75) is 44.9 Å². The largest absolute Gasteiger partial charge is 0.444 e. The van der Waals surface area contributed by atoms with E-state index in [0.717, 1.165) is 26.1 Å². The van der Waals surface area contributed by atoms with Gasteiger partial charge in [0.1, 0.15) is 5.60 Å². The number of likely N-dealkylation sites (tertiary alicyclic amines) is 2. The van der Waals surface area contributed by atoms with Crippen molar-refractivity contribution in [2.75, 3.05) is 25.5 Å². The van der Waals surface area contributed by atoms with E-state index in [4.69, 9.17) is 16.3 Å². The zero-order valence-electron chi connectivity index (χ0n) is 10.8. The summed E-state index contributed by atoms with van der Waals surface area (Å²) in [4.78, 5) is 16.2. The lowest BCUT2D eigenvalue weighted by molar-refractivity contribution is 0.0134. The molecule has 2 aliphatic rings. The van der Waals surface area contributed by atoms with Gasteiger partial charge in [-0.15, -0.1) is 11.6 Å². The van der Waals surface area contributed by atoms with Gasteiger partial charge >= 0.3 is 6.09 Å². The molecule has 2 rings (SSSR count). The minimum atomic E-state index is -0.408. The molecule has 4 nitrogen and oxygen atoms in total. The van der Waals surface area contributed by atoms with E-state index >= 15 is 0 Å². The molecular formula is C12H21ClN2O2. The smallest absolute Gasteiger partial charge is 0.410 e. The van der Waals surface area contributed by atoms with Gasteiger partial charge in [0, 0.05) is 37.6 Å². The average Bonchev–Trinajstić information content (AvgIpc) is 2.74. The molecule has 2 bridgehead atoms. The number of halogens is 1. The quantitative estimate of drug-likeness (QED) is 0.711. The van der Waals surface area contributed by atoms with Crippen molar-refractivity contribution in [3.8, 4) is 0 Å². The second-order valence-electron chi connectivity index (χ2n) is 5.86. The Morgan fingerprint density at radius 1 is 1.35 bits per heavy atom. The van der Waals surface area contributed by atoms with Gasteiger partial charge in [0.15, 0.2) is 0 Å². The Bertz CT molecular complexity index is 303. The van der Waals surface area contributed by atoms with Crippen molar-refractivity contribution in [1.82, 2.24) is 9.80 Å². The third kappa shape index (κ3) is 2.86. The van der Waals surface area contributed by atoms with Crippen LogP contribution in [-0.4, -0.2) is 59.1 Å². The molecule has 0 radical (unpaired) electrons. The van der Waals surface area contributed by atoms with Crippen LogP contribution in [0.4, 0.5) is 4.79 Å². The van der Waals surface area contributed by atoms with Crippen molar-refractivity contribution >= 4 is 17.7 Å². The van der Waals surface area contributed by atoms with Crippen molar-refractivity contribution < 1.29 is 9.53 Å². The minimum absolute atomic E-state index is 0.171. The fourth-order valence-corrected chi connectivity index (χ4v) is 2.89. The van der Waals surface area contributed by atoms with Crippen LogP contribution in [-0.2, 0) is 4.74 Å². The van der Waals surface area contributed by atoms with E-state index in [-0.39, 0.29) is 6.09 Å². The molecule has 2 heterocycles. The molecule has 0 spiro atoms. The fraction of sp³-hybridized carbons (Fsp3) is 0.917. The molecule has 2 fully saturated rings. The van der Waals surface area contributed by atoms with Gasteiger partial charge in [0.25, 0.3) is 0 Å². The maximum Gasteiger partial charge on any atom is 0.410 e. The van der Waals surface area contributed by atoms with Gasteiger partial charge in [0.05, 0.1) is 0 Å². The van der Waals surface area contributed by atoms with Crippen LogP contribution < -0.4 is 0 Å². The number of piperazine rings is 1. The Labute approximate surface area is 108 Å². The first-order valence-corrected chi connectivity index (χ1v) is 6.74. The van der Waals surface area contributed by atoms with Crippen LogP contribution in [0, 0.1) is 0 Å².